The third-order valence-electron chi connectivity index (χ3n) is 2.64. The van der Waals surface area contributed by atoms with Gasteiger partial charge in [-0.1, -0.05) is 41.5 Å². The SMILES string of the molecule is CCNc1nc(CC(C)(C)C)nc(C(C)(C)C)c1Br. The molecule has 0 saturated carbocycles. The van der Waals surface area contributed by atoms with Gasteiger partial charge >= 0.3 is 0 Å². The fourth-order valence-electron chi connectivity index (χ4n) is 1.83. The fourth-order valence-corrected chi connectivity index (χ4v) is 2.74. The van der Waals surface area contributed by atoms with Crippen LogP contribution in [0.15, 0.2) is 4.47 Å². The fraction of sp³-hybridized carbons (Fsp3) is 0.733. The number of anilines is 1. The summed E-state index contributed by atoms with van der Waals surface area (Å²) in [5.74, 6) is 1.82. The zero-order valence-corrected chi connectivity index (χ0v) is 14.8. The van der Waals surface area contributed by atoms with Crippen molar-refractivity contribution in [2.45, 2.75) is 60.3 Å². The molecule has 3 nitrogen and oxygen atoms in total. The summed E-state index contributed by atoms with van der Waals surface area (Å²) in [5.41, 5.74) is 1.25. The first-order valence-corrected chi connectivity index (χ1v) is 7.64. The number of aromatic nitrogens is 2. The lowest BCUT2D eigenvalue weighted by Gasteiger charge is -2.24. The Hall–Kier alpha value is -0.640. The number of nitrogens with one attached hydrogen (secondary N) is 1. The van der Waals surface area contributed by atoms with Crippen LogP contribution in [0.3, 0.4) is 0 Å². The largest absolute Gasteiger partial charge is 0.369 e. The summed E-state index contributed by atoms with van der Waals surface area (Å²) in [7, 11) is 0. The summed E-state index contributed by atoms with van der Waals surface area (Å²) in [6, 6.07) is 0. The predicted octanol–water partition coefficient (Wildman–Crippen LogP) is 4.56. The van der Waals surface area contributed by atoms with E-state index >= 15 is 0 Å². The zero-order valence-electron chi connectivity index (χ0n) is 13.2. The van der Waals surface area contributed by atoms with Crippen molar-refractivity contribution in [3.8, 4) is 0 Å². The standard InChI is InChI=1S/C15H26BrN3/c1-8-17-13-11(16)12(15(5,6)7)18-10(19-13)9-14(2,3)4/h8-9H2,1-7H3,(H,17,18,19). The Morgan fingerprint density at radius 1 is 1.05 bits per heavy atom. The maximum absolute atomic E-state index is 4.77. The van der Waals surface area contributed by atoms with Crippen LogP contribution in [0.4, 0.5) is 5.82 Å². The highest BCUT2D eigenvalue weighted by atomic mass is 79.9. The quantitative estimate of drug-likeness (QED) is 0.884. The van der Waals surface area contributed by atoms with Crippen LogP contribution in [0.25, 0.3) is 0 Å². The molecule has 0 aromatic carbocycles. The average Bonchev–Trinajstić information content (AvgIpc) is 2.19. The molecule has 0 radical (unpaired) electrons. The molecule has 1 aromatic heterocycles. The van der Waals surface area contributed by atoms with Gasteiger partial charge in [0.1, 0.15) is 11.6 Å². The van der Waals surface area contributed by atoms with Gasteiger partial charge in [0.15, 0.2) is 0 Å². The van der Waals surface area contributed by atoms with E-state index in [4.69, 9.17) is 4.98 Å². The Morgan fingerprint density at radius 3 is 2.05 bits per heavy atom. The second-order valence-corrected chi connectivity index (χ2v) is 7.96. The summed E-state index contributed by atoms with van der Waals surface area (Å²) in [5, 5.41) is 3.32. The molecule has 0 atom stereocenters. The van der Waals surface area contributed by atoms with Crippen molar-refractivity contribution in [1.82, 2.24) is 9.97 Å². The third-order valence-corrected chi connectivity index (χ3v) is 3.39. The lowest BCUT2D eigenvalue weighted by molar-refractivity contribution is 0.398. The molecule has 1 heterocycles. The van der Waals surface area contributed by atoms with Gasteiger partial charge in [0.2, 0.25) is 0 Å². The van der Waals surface area contributed by atoms with Crippen LogP contribution in [0.1, 0.15) is 60.0 Å². The molecular weight excluding hydrogens is 302 g/mol. The maximum Gasteiger partial charge on any atom is 0.144 e. The van der Waals surface area contributed by atoms with Gasteiger partial charge in [-0.15, -0.1) is 0 Å². The summed E-state index contributed by atoms with van der Waals surface area (Å²) >= 11 is 3.64. The lowest BCUT2D eigenvalue weighted by Crippen LogP contribution is -2.20. The van der Waals surface area contributed by atoms with E-state index in [1.54, 1.807) is 0 Å². The Balaban J connectivity index is 3.31. The molecule has 0 amide bonds. The van der Waals surface area contributed by atoms with Gasteiger partial charge in [0.25, 0.3) is 0 Å². The van der Waals surface area contributed by atoms with E-state index in [1.807, 2.05) is 0 Å². The first kappa shape index (κ1) is 16.4. The Bertz CT molecular complexity index is 442. The highest BCUT2D eigenvalue weighted by Crippen LogP contribution is 2.33. The van der Waals surface area contributed by atoms with Crippen molar-refractivity contribution in [1.29, 1.82) is 0 Å². The van der Waals surface area contributed by atoms with Gasteiger partial charge < -0.3 is 5.32 Å². The van der Waals surface area contributed by atoms with Gasteiger partial charge in [-0.25, -0.2) is 9.97 Å². The Morgan fingerprint density at radius 2 is 1.63 bits per heavy atom. The molecule has 108 valence electrons. The van der Waals surface area contributed by atoms with Crippen LogP contribution >= 0.6 is 15.9 Å². The number of rotatable bonds is 3. The van der Waals surface area contributed by atoms with E-state index in [-0.39, 0.29) is 10.8 Å². The van der Waals surface area contributed by atoms with Crippen LogP contribution < -0.4 is 5.32 Å². The van der Waals surface area contributed by atoms with Gasteiger partial charge in [0, 0.05) is 18.4 Å². The van der Waals surface area contributed by atoms with Gasteiger partial charge in [-0.2, -0.15) is 0 Å². The number of hydrogen-bond acceptors (Lipinski definition) is 3. The van der Waals surface area contributed by atoms with Crippen molar-refractivity contribution in [2.24, 2.45) is 5.41 Å². The summed E-state index contributed by atoms with van der Waals surface area (Å²) in [4.78, 5) is 9.43. The van der Waals surface area contributed by atoms with E-state index < -0.39 is 0 Å². The minimum absolute atomic E-state index is 0.00141. The molecule has 19 heavy (non-hydrogen) atoms. The van der Waals surface area contributed by atoms with Gasteiger partial charge in [-0.3, -0.25) is 0 Å². The second kappa shape index (κ2) is 5.78. The molecule has 1 rings (SSSR count). The molecule has 0 unspecified atom stereocenters. The summed E-state index contributed by atoms with van der Waals surface area (Å²) < 4.78 is 0.986. The molecule has 0 aliphatic heterocycles. The first-order valence-electron chi connectivity index (χ1n) is 6.85. The summed E-state index contributed by atoms with van der Waals surface area (Å²) in [6.45, 7) is 16.1. The smallest absolute Gasteiger partial charge is 0.144 e. The molecule has 0 bridgehead atoms. The third kappa shape index (κ3) is 4.75. The van der Waals surface area contributed by atoms with Crippen LogP contribution in [-0.2, 0) is 11.8 Å². The van der Waals surface area contributed by atoms with Crippen LogP contribution in [0.5, 0.6) is 0 Å². The van der Waals surface area contributed by atoms with E-state index in [0.717, 1.165) is 34.8 Å². The Labute approximate surface area is 125 Å². The Kier molecular flexibility index (Phi) is 4.99. The molecule has 1 aromatic rings. The van der Waals surface area contributed by atoms with E-state index in [2.05, 4.69) is 74.7 Å². The molecular formula is C15H26BrN3. The topological polar surface area (TPSA) is 37.8 Å². The minimum Gasteiger partial charge on any atom is -0.369 e. The van der Waals surface area contributed by atoms with E-state index in [9.17, 15) is 0 Å². The normalized spacial score (nSPS) is 12.6. The summed E-state index contributed by atoms with van der Waals surface area (Å²) in [6.07, 6.45) is 0.877. The molecule has 0 aliphatic rings. The van der Waals surface area contributed by atoms with Crippen molar-refractivity contribution in [3.05, 3.63) is 16.0 Å². The highest BCUT2D eigenvalue weighted by molar-refractivity contribution is 9.10. The maximum atomic E-state index is 4.77. The molecule has 0 saturated heterocycles. The monoisotopic (exact) mass is 327 g/mol. The van der Waals surface area contributed by atoms with Gasteiger partial charge in [0.05, 0.1) is 10.2 Å². The van der Waals surface area contributed by atoms with Crippen LogP contribution in [0.2, 0.25) is 0 Å². The highest BCUT2D eigenvalue weighted by Gasteiger charge is 2.24. The molecule has 0 aliphatic carbocycles. The first-order chi connectivity index (χ1) is 8.54. The van der Waals surface area contributed by atoms with E-state index in [0.29, 0.717) is 0 Å². The molecule has 0 spiro atoms. The van der Waals surface area contributed by atoms with Crippen molar-refractivity contribution in [3.63, 3.8) is 0 Å². The molecule has 0 fully saturated rings. The minimum atomic E-state index is -0.00141. The lowest BCUT2D eigenvalue weighted by atomic mass is 9.90. The molecule has 1 N–H and O–H groups in total. The van der Waals surface area contributed by atoms with E-state index in [1.165, 1.54) is 0 Å². The van der Waals surface area contributed by atoms with Gasteiger partial charge in [-0.05, 0) is 28.3 Å². The predicted molar refractivity (Wildman–Crippen MR) is 85.8 cm³/mol. The van der Waals surface area contributed by atoms with Crippen molar-refractivity contribution in [2.75, 3.05) is 11.9 Å². The van der Waals surface area contributed by atoms with Crippen molar-refractivity contribution >= 4 is 21.7 Å². The van der Waals surface area contributed by atoms with Crippen LogP contribution in [-0.4, -0.2) is 16.5 Å². The van der Waals surface area contributed by atoms with Crippen LogP contribution in [0, 0.1) is 5.41 Å². The zero-order chi connectivity index (χ0) is 14.8. The number of halogens is 1. The number of hydrogen-bond donors (Lipinski definition) is 1. The molecule has 4 heteroatoms. The average molecular weight is 328 g/mol. The number of nitrogens with zero attached hydrogens (tertiary/aromatic N) is 2. The van der Waals surface area contributed by atoms with Crippen molar-refractivity contribution < 1.29 is 0 Å². The second-order valence-electron chi connectivity index (χ2n) is 7.17.